The summed E-state index contributed by atoms with van der Waals surface area (Å²) in [4.78, 5) is 17.3. The van der Waals surface area contributed by atoms with E-state index in [1.165, 1.54) is 0 Å². The van der Waals surface area contributed by atoms with E-state index in [0.29, 0.717) is 0 Å². The van der Waals surface area contributed by atoms with Gasteiger partial charge in [0.2, 0.25) is 0 Å². The lowest BCUT2D eigenvalue weighted by Gasteiger charge is -2.36. The third-order valence-electron chi connectivity index (χ3n) is 5.01. The second kappa shape index (κ2) is 7.08. The van der Waals surface area contributed by atoms with Gasteiger partial charge >= 0.3 is 0 Å². The first kappa shape index (κ1) is 16.5. The van der Waals surface area contributed by atoms with Gasteiger partial charge in [-0.25, -0.2) is 0 Å². The molecule has 0 spiro atoms. The lowest BCUT2D eigenvalue weighted by atomic mass is 10.0. The number of hydrogen-bond donors (Lipinski definition) is 0. The van der Waals surface area contributed by atoms with Crippen molar-refractivity contribution in [3.8, 4) is 5.75 Å². The number of nitrogens with zero attached hydrogens (tertiary/aromatic N) is 2. The zero-order chi connectivity index (χ0) is 17.9. The van der Waals surface area contributed by atoms with E-state index < -0.39 is 0 Å². The summed E-state index contributed by atoms with van der Waals surface area (Å²) in [6.07, 6.45) is 0. The Kier molecular flexibility index (Phi) is 4.48. The Balaban J connectivity index is 1.50. The van der Waals surface area contributed by atoms with Gasteiger partial charge in [0, 0.05) is 43.5 Å². The minimum atomic E-state index is 0.118. The molecule has 0 aliphatic carbocycles. The predicted octanol–water partition coefficient (Wildman–Crippen LogP) is 3.81. The van der Waals surface area contributed by atoms with Crippen molar-refractivity contribution in [1.29, 1.82) is 0 Å². The van der Waals surface area contributed by atoms with Crippen LogP contribution < -0.4 is 9.64 Å². The third kappa shape index (κ3) is 3.10. The molecule has 3 aromatic rings. The fourth-order valence-corrected chi connectivity index (χ4v) is 3.56. The molecule has 0 unspecified atom stereocenters. The summed E-state index contributed by atoms with van der Waals surface area (Å²) >= 11 is 0. The van der Waals surface area contributed by atoms with Crippen LogP contribution in [0.4, 0.5) is 5.69 Å². The number of amides is 1. The number of hydrogen-bond acceptors (Lipinski definition) is 3. The first-order chi connectivity index (χ1) is 12.8. The molecular weight excluding hydrogens is 324 g/mol. The number of fused-ring (bicyclic) bond motifs is 1. The molecule has 0 aromatic heterocycles. The maximum absolute atomic E-state index is 13.0. The zero-order valence-electron chi connectivity index (χ0n) is 14.9. The van der Waals surface area contributed by atoms with Gasteiger partial charge in [-0.15, -0.1) is 0 Å². The maximum Gasteiger partial charge on any atom is 0.254 e. The first-order valence-electron chi connectivity index (χ1n) is 8.92. The van der Waals surface area contributed by atoms with Crippen LogP contribution in [0.5, 0.6) is 5.75 Å². The molecule has 1 fully saturated rings. The predicted molar refractivity (Wildman–Crippen MR) is 105 cm³/mol. The highest BCUT2D eigenvalue weighted by atomic mass is 16.5. The van der Waals surface area contributed by atoms with Gasteiger partial charge in [-0.3, -0.25) is 4.79 Å². The number of carbonyl (C=O) groups is 1. The Morgan fingerprint density at radius 2 is 1.62 bits per heavy atom. The smallest absolute Gasteiger partial charge is 0.254 e. The van der Waals surface area contributed by atoms with Crippen molar-refractivity contribution in [2.75, 3.05) is 38.2 Å². The van der Waals surface area contributed by atoms with Crippen LogP contribution in [0.2, 0.25) is 0 Å². The van der Waals surface area contributed by atoms with Crippen LogP contribution in [0, 0.1) is 0 Å². The summed E-state index contributed by atoms with van der Waals surface area (Å²) in [6.45, 7) is 3.09. The molecule has 0 saturated carbocycles. The lowest BCUT2D eigenvalue weighted by molar-refractivity contribution is 0.0749. The van der Waals surface area contributed by atoms with Crippen LogP contribution in [0.3, 0.4) is 0 Å². The van der Waals surface area contributed by atoms with Crippen molar-refractivity contribution >= 4 is 22.4 Å². The summed E-state index contributed by atoms with van der Waals surface area (Å²) in [6, 6.07) is 22.1. The van der Waals surface area contributed by atoms with E-state index in [4.69, 9.17) is 4.74 Å². The molecule has 0 atom stereocenters. The molecule has 1 heterocycles. The standard InChI is InChI=1S/C22H22N2O2/c1-26-19-9-5-8-18(16-19)23-12-14-24(15-13-23)22(25)21-11-4-7-17-6-2-3-10-20(17)21/h2-11,16H,12-15H2,1H3. The average Bonchev–Trinajstić information content (AvgIpc) is 2.73. The second-order valence-electron chi connectivity index (χ2n) is 6.51. The highest BCUT2D eigenvalue weighted by molar-refractivity contribution is 6.07. The molecule has 4 rings (SSSR count). The molecular formula is C22H22N2O2. The maximum atomic E-state index is 13.0. The Morgan fingerprint density at radius 3 is 2.42 bits per heavy atom. The highest BCUT2D eigenvalue weighted by Crippen LogP contribution is 2.24. The van der Waals surface area contributed by atoms with Crippen LogP contribution in [-0.2, 0) is 0 Å². The van der Waals surface area contributed by atoms with Gasteiger partial charge in [0.15, 0.2) is 0 Å². The molecule has 0 bridgehead atoms. The summed E-state index contributed by atoms with van der Waals surface area (Å²) in [5.41, 5.74) is 1.93. The van der Waals surface area contributed by atoms with E-state index in [1.54, 1.807) is 7.11 Å². The van der Waals surface area contributed by atoms with E-state index in [1.807, 2.05) is 65.6 Å². The van der Waals surface area contributed by atoms with Gasteiger partial charge in [-0.05, 0) is 29.0 Å². The topological polar surface area (TPSA) is 32.8 Å². The lowest BCUT2D eigenvalue weighted by Crippen LogP contribution is -2.48. The normalized spacial score (nSPS) is 14.5. The van der Waals surface area contributed by atoms with Gasteiger partial charge in [0.25, 0.3) is 5.91 Å². The van der Waals surface area contributed by atoms with Crippen molar-refractivity contribution < 1.29 is 9.53 Å². The van der Waals surface area contributed by atoms with Crippen molar-refractivity contribution in [3.63, 3.8) is 0 Å². The molecule has 1 aliphatic rings. The van der Waals surface area contributed by atoms with Crippen molar-refractivity contribution in [3.05, 3.63) is 72.3 Å². The number of piperazine rings is 1. The quantitative estimate of drug-likeness (QED) is 0.723. The molecule has 0 N–H and O–H groups in total. The van der Waals surface area contributed by atoms with Crippen LogP contribution in [0.25, 0.3) is 10.8 Å². The SMILES string of the molecule is COc1cccc(N2CCN(C(=O)c3cccc4ccccc34)CC2)c1. The number of ether oxygens (including phenoxy) is 1. The fraction of sp³-hybridized carbons (Fsp3) is 0.227. The largest absolute Gasteiger partial charge is 0.497 e. The Bertz CT molecular complexity index is 925. The van der Waals surface area contributed by atoms with E-state index in [0.717, 1.165) is 54.0 Å². The summed E-state index contributed by atoms with van der Waals surface area (Å²) < 4.78 is 5.31. The Hall–Kier alpha value is -3.01. The number of methoxy groups -OCH3 is 1. The van der Waals surface area contributed by atoms with E-state index in [9.17, 15) is 4.79 Å². The minimum Gasteiger partial charge on any atom is -0.497 e. The van der Waals surface area contributed by atoms with Crippen molar-refractivity contribution in [2.45, 2.75) is 0 Å². The van der Waals surface area contributed by atoms with E-state index >= 15 is 0 Å². The Labute approximate surface area is 153 Å². The van der Waals surface area contributed by atoms with Crippen LogP contribution in [0.15, 0.2) is 66.7 Å². The summed E-state index contributed by atoms with van der Waals surface area (Å²) in [5.74, 6) is 0.976. The van der Waals surface area contributed by atoms with E-state index in [-0.39, 0.29) is 5.91 Å². The van der Waals surface area contributed by atoms with Crippen molar-refractivity contribution in [1.82, 2.24) is 4.90 Å². The zero-order valence-corrected chi connectivity index (χ0v) is 14.9. The fourth-order valence-electron chi connectivity index (χ4n) is 3.56. The number of rotatable bonds is 3. The number of benzene rings is 3. The first-order valence-corrected chi connectivity index (χ1v) is 8.92. The molecule has 1 saturated heterocycles. The number of carbonyl (C=O) groups excluding carboxylic acids is 1. The van der Waals surface area contributed by atoms with Crippen LogP contribution in [0.1, 0.15) is 10.4 Å². The van der Waals surface area contributed by atoms with Crippen LogP contribution >= 0.6 is 0 Å². The van der Waals surface area contributed by atoms with Crippen LogP contribution in [-0.4, -0.2) is 44.1 Å². The van der Waals surface area contributed by atoms with Gasteiger partial charge in [0.1, 0.15) is 5.75 Å². The third-order valence-corrected chi connectivity index (χ3v) is 5.01. The monoisotopic (exact) mass is 346 g/mol. The Morgan fingerprint density at radius 1 is 0.885 bits per heavy atom. The van der Waals surface area contributed by atoms with E-state index in [2.05, 4.69) is 11.0 Å². The average molecular weight is 346 g/mol. The summed E-state index contributed by atoms with van der Waals surface area (Å²) in [5, 5.41) is 2.13. The molecule has 3 aromatic carbocycles. The summed E-state index contributed by atoms with van der Waals surface area (Å²) in [7, 11) is 1.68. The molecule has 4 heteroatoms. The highest BCUT2D eigenvalue weighted by Gasteiger charge is 2.23. The molecule has 1 amide bonds. The molecule has 1 aliphatic heterocycles. The van der Waals surface area contributed by atoms with Gasteiger partial charge < -0.3 is 14.5 Å². The molecule has 132 valence electrons. The molecule has 0 radical (unpaired) electrons. The van der Waals surface area contributed by atoms with Gasteiger partial charge in [-0.1, -0.05) is 42.5 Å². The van der Waals surface area contributed by atoms with Crippen molar-refractivity contribution in [2.24, 2.45) is 0 Å². The number of anilines is 1. The molecule has 26 heavy (non-hydrogen) atoms. The second-order valence-corrected chi connectivity index (χ2v) is 6.51. The van der Waals surface area contributed by atoms with Gasteiger partial charge in [-0.2, -0.15) is 0 Å². The molecule has 4 nitrogen and oxygen atoms in total. The minimum absolute atomic E-state index is 0.118. The van der Waals surface area contributed by atoms with Gasteiger partial charge in [0.05, 0.1) is 7.11 Å².